The molecule has 0 saturated carbocycles. The van der Waals surface area contributed by atoms with Gasteiger partial charge in [-0.15, -0.1) is 0 Å². The van der Waals surface area contributed by atoms with Gasteiger partial charge in [0.25, 0.3) is 0 Å². The van der Waals surface area contributed by atoms with Crippen LogP contribution in [0.5, 0.6) is 0 Å². The second-order valence-electron chi connectivity index (χ2n) is 5.25. The first-order valence-electron chi connectivity index (χ1n) is 6.47. The molecule has 2 aliphatic rings. The van der Waals surface area contributed by atoms with Crippen molar-refractivity contribution in [1.82, 2.24) is 15.1 Å². The second kappa shape index (κ2) is 5.96. The monoisotopic (exact) mass is 227 g/mol. The van der Waals surface area contributed by atoms with Gasteiger partial charge in [0, 0.05) is 45.4 Å². The van der Waals surface area contributed by atoms with Crippen molar-refractivity contribution in [3.8, 4) is 0 Å². The molecule has 16 heavy (non-hydrogen) atoms. The van der Waals surface area contributed by atoms with E-state index in [1.165, 1.54) is 19.4 Å². The van der Waals surface area contributed by atoms with Crippen molar-refractivity contribution in [1.29, 1.82) is 0 Å². The Morgan fingerprint density at radius 1 is 1.44 bits per heavy atom. The van der Waals surface area contributed by atoms with Crippen LogP contribution in [0.2, 0.25) is 0 Å². The van der Waals surface area contributed by atoms with Gasteiger partial charge in [-0.25, -0.2) is 0 Å². The van der Waals surface area contributed by atoms with E-state index in [2.05, 4.69) is 29.2 Å². The lowest BCUT2D eigenvalue weighted by Crippen LogP contribution is -2.56. The molecule has 0 aromatic rings. The molecule has 1 N–H and O–H groups in total. The molecule has 4 nitrogen and oxygen atoms in total. The molecule has 0 aliphatic carbocycles. The smallest absolute Gasteiger partial charge is 0.0702 e. The van der Waals surface area contributed by atoms with Crippen molar-refractivity contribution < 1.29 is 4.74 Å². The Hall–Kier alpha value is -0.160. The fourth-order valence-electron chi connectivity index (χ4n) is 2.69. The first-order valence-corrected chi connectivity index (χ1v) is 6.47. The summed E-state index contributed by atoms with van der Waals surface area (Å²) < 4.78 is 5.73. The van der Waals surface area contributed by atoms with Crippen molar-refractivity contribution in [2.75, 3.05) is 53.4 Å². The van der Waals surface area contributed by atoms with Gasteiger partial charge in [-0.3, -0.25) is 4.90 Å². The van der Waals surface area contributed by atoms with Crippen molar-refractivity contribution in [3.63, 3.8) is 0 Å². The van der Waals surface area contributed by atoms with Crippen molar-refractivity contribution in [2.24, 2.45) is 0 Å². The molecule has 2 heterocycles. The molecule has 2 fully saturated rings. The zero-order valence-electron chi connectivity index (χ0n) is 10.6. The SMILES string of the molecule is CN(C)CC1CNCCN1CC1CCCO1. The van der Waals surface area contributed by atoms with Gasteiger partial charge in [-0.1, -0.05) is 0 Å². The summed E-state index contributed by atoms with van der Waals surface area (Å²) >= 11 is 0. The molecular weight excluding hydrogens is 202 g/mol. The largest absolute Gasteiger partial charge is 0.377 e. The van der Waals surface area contributed by atoms with Crippen LogP contribution in [0.15, 0.2) is 0 Å². The Morgan fingerprint density at radius 2 is 2.31 bits per heavy atom. The third kappa shape index (κ3) is 3.42. The van der Waals surface area contributed by atoms with E-state index >= 15 is 0 Å². The average Bonchev–Trinajstić information content (AvgIpc) is 2.73. The van der Waals surface area contributed by atoms with E-state index in [1.54, 1.807) is 0 Å². The van der Waals surface area contributed by atoms with E-state index in [9.17, 15) is 0 Å². The molecule has 2 unspecified atom stereocenters. The minimum absolute atomic E-state index is 0.489. The normalized spacial score (nSPS) is 32.4. The van der Waals surface area contributed by atoms with Gasteiger partial charge in [0.1, 0.15) is 0 Å². The Balaban J connectivity index is 1.83. The highest BCUT2D eigenvalue weighted by Gasteiger charge is 2.26. The van der Waals surface area contributed by atoms with E-state index < -0.39 is 0 Å². The standard InChI is InChI=1S/C12H25N3O/c1-14(2)9-11-8-13-5-6-15(11)10-12-4-3-7-16-12/h11-13H,3-10H2,1-2H3. The summed E-state index contributed by atoms with van der Waals surface area (Å²) in [5.41, 5.74) is 0. The van der Waals surface area contributed by atoms with E-state index in [0.29, 0.717) is 12.1 Å². The Kier molecular flexibility index (Phi) is 4.58. The third-order valence-corrected chi connectivity index (χ3v) is 3.51. The Bertz CT molecular complexity index is 204. The summed E-state index contributed by atoms with van der Waals surface area (Å²) in [6, 6.07) is 0.646. The lowest BCUT2D eigenvalue weighted by atomic mass is 10.1. The number of rotatable bonds is 4. The zero-order valence-corrected chi connectivity index (χ0v) is 10.6. The van der Waals surface area contributed by atoms with Crippen LogP contribution in [0.25, 0.3) is 0 Å². The molecule has 2 aliphatic heterocycles. The van der Waals surface area contributed by atoms with Crippen LogP contribution >= 0.6 is 0 Å². The molecule has 2 saturated heterocycles. The predicted molar refractivity (Wildman–Crippen MR) is 65.8 cm³/mol. The number of nitrogens with zero attached hydrogens (tertiary/aromatic N) is 2. The van der Waals surface area contributed by atoms with E-state index in [4.69, 9.17) is 4.74 Å². The molecule has 0 bridgehead atoms. The van der Waals surface area contributed by atoms with Crippen LogP contribution in [0, 0.1) is 0 Å². The zero-order chi connectivity index (χ0) is 11.4. The maximum Gasteiger partial charge on any atom is 0.0702 e. The summed E-state index contributed by atoms with van der Waals surface area (Å²) in [5.74, 6) is 0. The molecule has 2 rings (SSSR count). The molecule has 4 heteroatoms. The topological polar surface area (TPSA) is 27.7 Å². The quantitative estimate of drug-likeness (QED) is 0.732. The van der Waals surface area contributed by atoms with Crippen LogP contribution in [-0.4, -0.2) is 75.4 Å². The Morgan fingerprint density at radius 3 is 3.00 bits per heavy atom. The van der Waals surface area contributed by atoms with Gasteiger partial charge in [-0.2, -0.15) is 0 Å². The van der Waals surface area contributed by atoms with Gasteiger partial charge in [0.2, 0.25) is 0 Å². The van der Waals surface area contributed by atoms with Gasteiger partial charge >= 0.3 is 0 Å². The fourth-order valence-corrected chi connectivity index (χ4v) is 2.69. The summed E-state index contributed by atoms with van der Waals surface area (Å²) in [5, 5.41) is 3.49. The second-order valence-corrected chi connectivity index (χ2v) is 5.25. The van der Waals surface area contributed by atoms with Crippen LogP contribution in [-0.2, 0) is 4.74 Å². The van der Waals surface area contributed by atoms with Crippen LogP contribution in [0.4, 0.5) is 0 Å². The molecular formula is C12H25N3O. The third-order valence-electron chi connectivity index (χ3n) is 3.51. The average molecular weight is 227 g/mol. The highest BCUT2D eigenvalue weighted by atomic mass is 16.5. The number of ether oxygens (including phenoxy) is 1. The van der Waals surface area contributed by atoms with Crippen LogP contribution in [0.1, 0.15) is 12.8 Å². The van der Waals surface area contributed by atoms with Crippen molar-refractivity contribution >= 4 is 0 Å². The molecule has 0 amide bonds. The predicted octanol–water partition coefficient (Wildman–Crippen LogP) is 0.000800. The minimum atomic E-state index is 0.489. The van der Waals surface area contributed by atoms with E-state index in [-0.39, 0.29) is 0 Å². The van der Waals surface area contributed by atoms with Gasteiger partial charge in [0.15, 0.2) is 0 Å². The summed E-state index contributed by atoms with van der Waals surface area (Å²) in [6.45, 7) is 6.63. The molecule has 2 atom stereocenters. The highest BCUT2D eigenvalue weighted by molar-refractivity contribution is 4.84. The van der Waals surface area contributed by atoms with E-state index in [1.807, 2.05) is 0 Å². The molecule has 94 valence electrons. The number of hydrogen-bond acceptors (Lipinski definition) is 4. The number of hydrogen-bond donors (Lipinski definition) is 1. The van der Waals surface area contributed by atoms with Gasteiger partial charge in [0.05, 0.1) is 6.10 Å². The first-order chi connectivity index (χ1) is 7.75. The number of nitrogens with one attached hydrogen (secondary N) is 1. The van der Waals surface area contributed by atoms with Crippen molar-refractivity contribution in [2.45, 2.75) is 25.0 Å². The molecule has 0 aromatic carbocycles. The Labute approximate surface area is 98.9 Å². The number of piperazine rings is 1. The van der Waals surface area contributed by atoms with Crippen molar-refractivity contribution in [3.05, 3.63) is 0 Å². The van der Waals surface area contributed by atoms with Gasteiger partial charge in [-0.05, 0) is 26.9 Å². The molecule has 0 aromatic heterocycles. The number of likely N-dealkylation sites (N-methyl/N-ethyl adjacent to an activating group) is 1. The molecule has 0 spiro atoms. The lowest BCUT2D eigenvalue weighted by molar-refractivity contribution is 0.0425. The summed E-state index contributed by atoms with van der Waals surface area (Å²) in [4.78, 5) is 4.88. The lowest BCUT2D eigenvalue weighted by Gasteiger charge is -2.38. The summed E-state index contributed by atoms with van der Waals surface area (Å²) in [6.07, 6.45) is 2.98. The van der Waals surface area contributed by atoms with E-state index in [0.717, 1.165) is 32.8 Å². The fraction of sp³-hybridized carbons (Fsp3) is 1.00. The summed E-state index contributed by atoms with van der Waals surface area (Å²) in [7, 11) is 4.30. The van der Waals surface area contributed by atoms with Crippen LogP contribution < -0.4 is 5.32 Å². The minimum Gasteiger partial charge on any atom is -0.377 e. The van der Waals surface area contributed by atoms with Crippen LogP contribution in [0.3, 0.4) is 0 Å². The maximum absolute atomic E-state index is 5.73. The molecule has 0 radical (unpaired) electrons. The first kappa shape index (κ1) is 12.3. The van der Waals surface area contributed by atoms with Gasteiger partial charge < -0.3 is 15.0 Å². The highest BCUT2D eigenvalue weighted by Crippen LogP contribution is 2.15. The maximum atomic E-state index is 5.73.